The number of methoxy groups -OCH3 is 1. The molecule has 1 amide bonds. The molecule has 0 bridgehead atoms. The Bertz CT molecular complexity index is 1300. The highest BCUT2D eigenvalue weighted by Gasteiger charge is 2.17. The maximum atomic E-state index is 12.4. The van der Waals surface area contributed by atoms with Crippen LogP contribution in [0.2, 0.25) is 0 Å². The lowest BCUT2D eigenvalue weighted by Crippen LogP contribution is -2.20. The number of amides is 1. The molecule has 1 heterocycles. The Morgan fingerprint density at radius 2 is 1.79 bits per heavy atom. The van der Waals surface area contributed by atoms with Gasteiger partial charge in [-0.25, -0.2) is 5.43 Å². The maximum Gasteiger partial charge on any atom is 0.250 e. The van der Waals surface area contributed by atoms with Crippen molar-refractivity contribution < 1.29 is 9.53 Å². The zero-order chi connectivity index (χ0) is 23.9. The second kappa shape index (κ2) is 10.8. The predicted octanol–water partition coefficient (Wildman–Crippen LogP) is 4.80. The lowest BCUT2D eigenvalue weighted by molar-refractivity contribution is -0.118. The first-order valence-electron chi connectivity index (χ1n) is 10.7. The molecule has 8 heteroatoms. The van der Waals surface area contributed by atoms with Crippen molar-refractivity contribution in [3.63, 3.8) is 0 Å². The van der Waals surface area contributed by atoms with E-state index in [0.29, 0.717) is 11.0 Å². The monoisotopic (exact) mass is 471 g/mol. The van der Waals surface area contributed by atoms with Crippen LogP contribution in [0.1, 0.15) is 16.7 Å². The third kappa shape index (κ3) is 5.71. The Morgan fingerprint density at radius 1 is 1.03 bits per heavy atom. The van der Waals surface area contributed by atoms with Gasteiger partial charge in [0.15, 0.2) is 11.0 Å². The smallest absolute Gasteiger partial charge is 0.250 e. The third-order valence-corrected chi connectivity index (χ3v) is 5.98. The zero-order valence-corrected chi connectivity index (χ0v) is 20.0. The number of carbonyl (C=O) groups excluding carboxylic acids is 1. The van der Waals surface area contributed by atoms with Crippen LogP contribution in [0.3, 0.4) is 0 Å². The number of aromatic nitrogens is 3. The van der Waals surface area contributed by atoms with Gasteiger partial charge in [-0.2, -0.15) is 5.10 Å². The van der Waals surface area contributed by atoms with Crippen molar-refractivity contribution in [2.75, 3.05) is 12.9 Å². The number of thioether (sulfide) groups is 1. The molecule has 0 fully saturated rings. The van der Waals surface area contributed by atoms with E-state index in [1.807, 2.05) is 91.2 Å². The van der Waals surface area contributed by atoms with Crippen molar-refractivity contribution in [2.45, 2.75) is 19.0 Å². The average Bonchev–Trinajstić information content (AvgIpc) is 3.27. The van der Waals surface area contributed by atoms with E-state index >= 15 is 0 Å². The summed E-state index contributed by atoms with van der Waals surface area (Å²) in [5, 5.41) is 13.5. The molecule has 3 aromatic carbocycles. The van der Waals surface area contributed by atoms with E-state index in [1.165, 1.54) is 11.8 Å². The van der Waals surface area contributed by atoms with E-state index in [4.69, 9.17) is 4.74 Å². The number of rotatable bonds is 8. The van der Waals surface area contributed by atoms with E-state index in [1.54, 1.807) is 13.3 Å². The first kappa shape index (κ1) is 23.3. The number of hydrogen-bond donors (Lipinski definition) is 1. The van der Waals surface area contributed by atoms with Crippen LogP contribution in [0.25, 0.3) is 17.1 Å². The lowest BCUT2D eigenvalue weighted by atomic mass is 10.1. The molecule has 4 aromatic rings. The van der Waals surface area contributed by atoms with Gasteiger partial charge in [0.2, 0.25) is 0 Å². The van der Waals surface area contributed by atoms with Crippen LogP contribution in [-0.2, 0) is 4.79 Å². The number of aryl methyl sites for hydroxylation is 2. The molecule has 0 saturated carbocycles. The molecule has 4 rings (SSSR count). The summed E-state index contributed by atoms with van der Waals surface area (Å²) >= 11 is 1.30. The molecule has 7 nitrogen and oxygen atoms in total. The fourth-order valence-electron chi connectivity index (χ4n) is 3.31. The van der Waals surface area contributed by atoms with Gasteiger partial charge in [-0.3, -0.25) is 9.36 Å². The first-order chi connectivity index (χ1) is 16.5. The summed E-state index contributed by atoms with van der Waals surface area (Å²) in [6.45, 7) is 4.05. The molecule has 0 spiro atoms. The lowest BCUT2D eigenvalue weighted by Gasteiger charge is -2.11. The molecule has 0 aliphatic carbocycles. The number of hydrazone groups is 1. The van der Waals surface area contributed by atoms with E-state index in [9.17, 15) is 4.79 Å². The highest BCUT2D eigenvalue weighted by atomic mass is 32.2. The van der Waals surface area contributed by atoms with E-state index < -0.39 is 0 Å². The molecular weight excluding hydrogens is 446 g/mol. The number of hydrogen-bond acceptors (Lipinski definition) is 6. The van der Waals surface area contributed by atoms with Gasteiger partial charge in [0.1, 0.15) is 5.75 Å². The molecule has 1 N–H and O–H groups in total. The summed E-state index contributed by atoms with van der Waals surface area (Å²) < 4.78 is 7.23. The second-order valence-electron chi connectivity index (χ2n) is 7.70. The summed E-state index contributed by atoms with van der Waals surface area (Å²) in [5.41, 5.74) is 7.61. The molecule has 0 atom stereocenters. The van der Waals surface area contributed by atoms with Crippen molar-refractivity contribution in [3.05, 3.63) is 89.5 Å². The SMILES string of the molecule is COc1ccc(-n2c(SCC(=O)N/N=C/c3cccc(C)c3)nnc2-c2ccc(C)cc2)cc1. The van der Waals surface area contributed by atoms with Gasteiger partial charge in [0, 0.05) is 11.3 Å². The van der Waals surface area contributed by atoms with E-state index in [-0.39, 0.29) is 11.7 Å². The Kier molecular flexibility index (Phi) is 7.39. The highest BCUT2D eigenvalue weighted by Crippen LogP contribution is 2.29. The zero-order valence-electron chi connectivity index (χ0n) is 19.2. The largest absolute Gasteiger partial charge is 0.497 e. The van der Waals surface area contributed by atoms with Crippen LogP contribution in [0.4, 0.5) is 0 Å². The summed E-state index contributed by atoms with van der Waals surface area (Å²) in [6, 6.07) is 23.6. The summed E-state index contributed by atoms with van der Waals surface area (Å²) in [4.78, 5) is 12.4. The summed E-state index contributed by atoms with van der Waals surface area (Å²) in [5.74, 6) is 1.38. The third-order valence-electron chi connectivity index (χ3n) is 5.05. The highest BCUT2D eigenvalue weighted by molar-refractivity contribution is 7.99. The Labute approximate surface area is 202 Å². The van der Waals surface area contributed by atoms with E-state index in [0.717, 1.165) is 33.7 Å². The fourth-order valence-corrected chi connectivity index (χ4v) is 4.05. The molecule has 34 heavy (non-hydrogen) atoms. The molecular formula is C26H25N5O2S. The molecule has 0 aliphatic heterocycles. The van der Waals surface area contributed by atoms with Crippen LogP contribution < -0.4 is 10.2 Å². The summed E-state index contributed by atoms with van der Waals surface area (Å²) in [7, 11) is 1.63. The molecule has 0 unspecified atom stereocenters. The molecule has 0 aliphatic rings. The van der Waals surface area contributed by atoms with Gasteiger partial charge in [-0.1, -0.05) is 71.4 Å². The van der Waals surface area contributed by atoms with Gasteiger partial charge in [-0.15, -0.1) is 10.2 Å². The Balaban J connectivity index is 1.52. The van der Waals surface area contributed by atoms with Crippen LogP contribution in [0.15, 0.2) is 83.1 Å². The Morgan fingerprint density at radius 3 is 2.50 bits per heavy atom. The number of nitrogens with one attached hydrogen (secondary N) is 1. The van der Waals surface area contributed by atoms with Crippen molar-refractivity contribution >= 4 is 23.9 Å². The first-order valence-corrected chi connectivity index (χ1v) is 11.7. The van der Waals surface area contributed by atoms with Crippen LogP contribution in [-0.4, -0.2) is 39.7 Å². The predicted molar refractivity (Wildman–Crippen MR) is 136 cm³/mol. The van der Waals surface area contributed by atoms with Gasteiger partial charge in [0.25, 0.3) is 5.91 Å². The van der Waals surface area contributed by atoms with E-state index in [2.05, 4.69) is 20.7 Å². The standard InChI is InChI=1S/C26H25N5O2S/c1-18-7-9-21(10-8-18)25-29-30-26(31(25)22-11-13-23(33-3)14-12-22)34-17-24(32)28-27-16-20-6-4-5-19(2)15-20/h4-16H,17H2,1-3H3,(H,28,32)/b27-16+. The van der Waals surface area contributed by atoms with Gasteiger partial charge in [0.05, 0.1) is 19.1 Å². The van der Waals surface area contributed by atoms with Crippen LogP contribution >= 0.6 is 11.8 Å². The second-order valence-corrected chi connectivity index (χ2v) is 8.64. The molecule has 172 valence electrons. The van der Waals surface area contributed by atoms with Crippen molar-refractivity contribution in [1.82, 2.24) is 20.2 Å². The number of carbonyl (C=O) groups is 1. The van der Waals surface area contributed by atoms with Gasteiger partial charge in [-0.05, 0) is 43.7 Å². The number of benzene rings is 3. The van der Waals surface area contributed by atoms with Crippen molar-refractivity contribution in [2.24, 2.45) is 5.10 Å². The number of nitrogens with zero attached hydrogens (tertiary/aromatic N) is 4. The van der Waals surface area contributed by atoms with Crippen molar-refractivity contribution in [3.8, 4) is 22.8 Å². The fraction of sp³-hybridized carbons (Fsp3) is 0.154. The quantitative estimate of drug-likeness (QED) is 0.227. The van der Waals surface area contributed by atoms with Crippen molar-refractivity contribution in [1.29, 1.82) is 0 Å². The minimum atomic E-state index is -0.227. The average molecular weight is 472 g/mol. The minimum absolute atomic E-state index is 0.146. The Hall–Kier alpha value is -3.91. The minimum Gasteiger partial charge on any atom is -0.497 e. The number of ether oxygens (including phenoxy) is 1. The molecule has 1 aromatic heterocycles. The maximum absolute atomic E-state index is 12.4. The normalized spacial score (nSPS) is 11.0. The summed E-state index contributed by atoms with van der Waals surface area (Å²) in [6.07, 6.45) is 1.63. The van der Waals surface area contributed by atoms with Crippen LogP contribution in [0.5, 0.6) is 5.75 Å². The topological polar surface area (TPSA) is 81.4 Å². The molecule has 0 saturated heterocycles. The molecule has 0 radical (unpaired) electrons. The van der Waals surface area contributed by atoms with Gasteiger partial charge < -0.3 is 4.74 Å². The van der Waals surface area contributed by atoms with Crippen LogP contribution in [0, 0.1) is 13.8 Å². The van der Waals surface area contributed by atoms with Gasteiger partial charge >= 0.3 is 0 Å².